The summed E-state index contributed by atoms with van der Waals surface area (Å²) in [6, 6.07) is 6.53. The highest BCUT2D eigenvalue weighted by Gasteiger charge is 2.04. The van der Waals surface area contributed by atoms with Gasteiger partial charge in [-0.1, -0.05) is 32.6 Å². The van der Waals surface area contributed by atoms with Gasteiger partial charge in [0.2, 0.25) is 0 Å². The number of benzene rings is 1. The van der Waals surface area contributed by atoms with E-state index >= 15 is 0 Å². The van der Waals surface area contributed by atoms with Crippen molar-refractivity contribution < 1.29 is 9.47 Å². The van der Waals surface area contributed by atoms with E-state index in [4.69, 9.17) is 4.74 Å². The summed E-state index contributed by atoms with van der Waals surface area (Å²) in [5.41, 5.74) is 2.65. The molecule has 2 nitrogen and oxygen atoms in total. The smallest absolute Gasteiger partial charge is 0.123 e. The number of methoxy groups -OCH3 is 1. The number of rotatable bonds is 5. The van der Waals surface area contributed by atoms with E-state index in [0.717, 1.165) is 18.6 Å². The summed E-state index contributed by atoms with van der Waals surface area (Å²) in [4.78, 5) is 0. The number of aryl methyl sites for hydroxylation is 2. The largest absolute Gasteiger partial charge is 0.505 e. The molecule has 102 valence electrons. The molecular formula is C16H26O2. The maximum absolute atomic E-state index is 5.78. The molecule has 0 radical (unpaired) electrons. The van der Waals surface area contributed by atoms with Crippen LogP contribution in [-0.4, -0.2) is 13.2 Å². The van der Waals surface area contributed by atoms with Crippen molar-refractivity contribution in [3.8, 4) is 5.75 Å². The van der Waals surface area contributed by atoms with Gasteiger partial charge < -0.3 is 9.47 Å². The number of ether oxygens (including phenoxy) is 2. The van der Waals surface area contributed by atoms with Crippen LogP contribution in [0.3, 0.4) is 0 Å². The van der Waals surface area contributed by atoms with Gasteiger partial charge in [0.05, 0.1) is 19.5 Å². The lowest BCUT2D eigenvalue weighted by molar-refractivity contribution is 0.240. The number of hydrogen-bond acceptors (Lipinski definition) is 2. The van der Waals surface area contributed by atoms with Crippen LogP contribution in [0.25, 0.3) is 0 Å². The summed E-state index contributed by atoms with van der Waals surface area (Å²) in [6.45, 7) is 11.7. The Morgan fingerprint density at radius 3 is 2.22 bits per heavy atom. The summed E-state index contributed by atoms with van der Waals surface area (Å²) in [5.74, 6) is 1.06. The maximum Gasteiger partial charge on any atom is 0.123 e. The molecule has 0 amide bonds. The van der Waals surface area contributed by atoms with Crippen molar-refractivity contribution in [3.63, 3.8) is 0 Å². The van der Waals surface area contributed by atoms with E-state index in [1.165, 1.54) is 17.4 Å². The Morgan fingerprint density at radius 2 is 1.83 bits per heavy atom. The second-order valence-corrected chi connectivity index (χ2v) is 4.22. The van der Waals surface area contributed by atoms with E-state index in [1.807, 2.05) is 0 Å². The fraction of sp³-hybridized carbons (Fsp3) is 0.500. The molecule has 0 aliphatic rings. The molecule has 0 aliphatic heterocycles. The monoisotopic (exact) mass is 250 g/mol. The predicted molar refractivity (Wildman–Crippen MR) is 78.2 cm³/mol. The van der Waals surface area contributed by atoms with Crippen LogP contribution in [0.15, 0.2) is 31.0 Å². The van der Waals surface area contributed by atoms with Gasteiger partial charge in [-0.15, -0.1) is 0 Å². The lowest BCUT2D eigenvalue weighted by Gasteiger charge is -2.14. The fourth-order valence-electron chi connectivity index (χ4n) is 1.47. The van der Waals surface area contributed by atoms with Gasteiger partial charge >= 0.3 is 0 Å². The standard InChI is InChI=1S/C13H20O.C3H6O/c1-5-11-7-8-12(6-2)13(9-11)14-10(3)4;1-3-4-2/h7-10H,5-6H2,1-4H3;3H,1H2,2H3. The molecule has 0 spiro atoms. The summed E-state index contributed by atoms with van der Waals surface area (Å²) in [5, 5.41) is 0. The highest BCUT2D eigenvalue weighted by Crippen LogP contribution is 2.22. The third-order valence-electron chi connectivity index (χ3n) is 2.45. The lowest BCUT2D eigenvalue weighted by Crippen LogP contribution is -2.07. The number of hydrogen-bond donors (Lipinski definition) is 0. The molecule has 0 aliphatic carbocycles. The summed E-state index contributed by atoms with van der Waals surface area (Å²) in [6.07, 6.45) is 3.73. The summed E-state index contributed by atoms with van der Waals surface area (Å²) >= 11 is 0. The van der Waals surface area contributed by atoms with Crippen LogP contribution in [0, 0.1) is 0 Å². The van der Waals surface area contributed by atoms with Crippen molar-refractivity contribution in [3.05, 3.63) is 42.2 Å². The molecule has 0 aromatic heterocycles. The molecule has 2 heteroatoms. The van der Waals surface area contributed by atoms with Crippen molar-refractivity contribution in [2.45, 2.75) is 46.6 Å². The molecule has 18 heavy (non-hydrogen) atoms. The first-order chi connectivity index (χ1) is 8.58. The van der Waals surface area contributed by atoms with E-state index in [2.05, 4.69) is 57.2 Å². The Labute approximate surface area is 112 Å². The molecule has 0 saturated heterocycles. The normalized spacial score (nSPS) is 9.44. The highest BCUT2D eigenvalue weighted by atomic mass is 16.5. The van der Waals surface area contributed by atoms with Gasteiger partial charge in [0.25, 0.3) is 0 Å². The molecular weight excluding hydrogens is 224 g/mol. The van der Waals surface area contributed by atoms with E-state index in [-0.39, 0.29) is 6.10 Å². The van der Waals surface area contributed by atoms with E-state index < -0.39 is 0 Å². The third kappa shape index (κ3) is 6.33. The van der Waals surface area contributed by atoms with Crippen molar-refractivity contribution in [2.75, 3.05) is 7.11 Å². The van der Waals surface area contributed by atoms with Crippen molar-refractivity contribution in [1.82, 2.24) is 0 Å². The molecule has 1 rings (SSSR count). The first-order valence-corrected chi connectivity index (χ1v) is 6.51. The van der Waals surface area contributed by atoms with Crippen molar-refractivity contribution in [1.29, 1.82) is 0 Å². The van der Waals surface area contributed by atoms with Gasteiger partial charge in [0.1, 0.15) is 5.75 Å². The Morgan fingerprint density at radius 1 is 1.22 bits per heavy atom. The van der Waals surface area contributed by atoms with E-state index in [9.17, 15) is 0 Å². The molecule has 0 bridgehead atoms. The maximum atomic E-state index is 5.78. The minimum Gasteiger partial charge on any atom is -0.505 e. The zero-order chi connectivity index (χ0) is 14.0. The van der Waals surface area contributed by atoms with Gasteiger partial charge in [-0.2, -0.15) is 0 Å². The molecule has 0 fully saturated rings. The van der Waals surface area contributed by atoms with Crippen molar-refractivity contribution in [2.24, 2.45) is 0 Å². The lowest BCUT2D eigenvalue weighted by atomic mass is 10.1. The van der Waals surface area contributed by atoms with Crippen LogP contribution in [0.2, 0.25) is 0 Å². The first kappa shape index (κ1) is 16.6. The molecule has 0 N–H and O–H groups in total. The van der Waals surface area contributed by atoms with Crippen molar-refractivity contribution >= 4 is 0 Å². The summed E-state index contributed by atoms with van der Waals surface area (Å²) < 4.78 is 10.1. The van der Waals surface area contributed by atoms with Gasteiger partial charge in [-0.05, 0) is 43.9 Å². The second kappa shape index (κ2) is 9.58. The first-order valence-electron chi connectivity index (χ1n) is 6.51. The zero-order valence-corrected chi connectivity index (χ0v) is 12.3. The minimum absolute atomic E-state index is 0.257. The molecule has 0 saturated carbocycles. The third-order valence-corrected chi connectivity index (χ3v) is 2.45. The van der Waals surface area contributed by atoms with Gasteiger partial charge in [0.15, 0.2) is 0 Å². The second-order valence-electron chi connectivity index (χ2n) is 4.22. The Balaban J connectivity index is 0.000000631. The average Bonchev–Trinajstić information content (AvgIpc) is 2.38. The molecule has 0 unspecified atom stereocenters. The van der Waals surface area contributed by atoms with Crippen LogP contribution in [-0.2, 0) is 17.6 Å². The topological polar surface area (TPSA) is 18.5 Å². The Kier molecular flexibility index (Phi) is 8.81. The molecule has 0 atom stereocenters. The molecule has 1 aromatic rings. The van der Waals surface area contributed by atoms with Crippen LogP contribution in [0.1, 0.15) is 38.8 Å². The zero-order valence-electron chi connectivity index (χ0n) is 12.3. The Bertz CT molecular complexity index is 343. The quantitative estimate of drug-likeness (QED) is 0.722. The molecule has 1 aromatic carbocycles. The Hall–Kier alpha value is -1.44. The van der Waals surface area contributed by atoms with Crippen LogP contribution in [0.5, 0.6) is 5.75 Å². The van der Waals surface area contributed by atoms with Gasteiger partial charge in [0, 0.05) is 0 Å². The van der Waals surface area contributed by atoms with Gasteiger partial charge in [-0.25, -0.2) is 0 Å². The van der Waals surface area contributed by atoms with E-state index in [1.54, 1.807) is 7.11 Å². The summed E-state index contributed by atoms with van der Waals surface area (Å²) in [7, 11) is 1.56. The van der Waals surface area contributed by atoms with Crippen LogP contribution >= 0.6 is 0 Å². The van der Waals surface area contributed by atoms with Crippen LogP contribution < -0.4 is 4.74 Å². The molecule has 0 heterocycles. The van der Waals surface area contributed by atoms with Crippen LogP contribution in [0.4, 0.5) is 0 Å². The highest BCUT2D eigenvalue weighted by molar-refractivity contribution is 5.37. The van der Waals surface area contributed by atoms with Gasteiger partial charge in [-0.3, -0.25) is 0 Å². The minimum atomic E-state index is 0.257. The average molecular weight is 250 g/mol. The SMILES string of the molecule is C=COC.CCc1ccc(CC)c(OC(C)C)c1. The fourth-order valence-corrected chi connectivity index (χ4v) is 1.47. The predicted octanol–water partition coefficient (Wildman–Crippen LogP) is 4.37. The van der Waals surface area contributed by atoms with E-state index in [0.29, 0.717) is 0 Å².